The molecule has 4 N–H and O–H groups in total. The van der Waals surface area contributed by atoms with E-state index in [1.165, 1.54) is 9.75 Å². The molecule has 1 aromatic carbocycles. The number of hydrogen-bond donors (Lipinski definition) is 3. The van der Waals surface area contributed by atoms with E-state index in [9.17, 15) is 9.59 Å². The maximum absolute atomic E-state index is 12.1. The zero-order chi connectivity index (χ0) is 17.4. The molecule has 0 atom stereocenters. The molecule has 2 aromatic rings. The molecular formula is C18H24ClN3O2S. The lowest BCUT2D eigenvalue weighted by Crippen LogP contribution is -2.29. The first-order valence-electron chi connectivity index (χ1n) is 8.02. The maximum atomic E-state index is 12.1. The van der Waals surface area contributed by atoms with Gasteiger partial charge in [0.05, 0.1) is 11.3 Å². The van der Waals surface area contributed by atoms with E-state index in [0.717, 1.165) is 12.8 Å². The van der Waals surface area contributed by atoms with E-state index in [1.807, 2.05) is 0 Å². The molecule has 0 saturated heterocycles. The number of anilines is 1. The van der Waals surface area contributed by atoms with Crippen molar-refractivity contribution in [3.63, 3.8) is 0 Å². The van der Waals surface area contributed by atoms with E-state index in [0.29, 0.717) is 30.8 Å². The van der Waals surface area contributed by atoms with Crippen molar-refractivity contribution in [3.05, 3.63) is 51.7 Å². The van der Waals surface area contributed by atoms with Crippen LogP contribution in [0.4, 0.5) is 5.69 Å². The molecule has 0 fully saturated rings. The molecule has 136 valence electrons. The van der Waals surface area contributed by atoms with Gasteiger partial charge in [-0.1, -0.05) is 12.1 Å². The number of para-hydroxylation sites is 1. The Labute approximate surface area is 158 Å². The van der Waals surface area contributed by atoms with Crippen LogP contribution in [-0.4, -0.2) is 24.9 Å². The predicted molar refractivity (Wildman–Crippen MR) is 106 cm³/mol. The highest BCUT2D eigenvalue weighted by Crippen LogP contribution is 2.18. The first-order valence-corrected chi connectivity index (χ1v) is 8.84. The van der Waals surface area contributed by atoms with Gasteiger partial charge in [0, 0.05) is 29.3 Å². The number of halogens is 1. The number of amides is 2. The second kappa shape index (κ2) is 10.9. The van der Waals surface area contributed by atoms with Crippen molar-refractivity contribution in [2.24, 2.45) is 5.73 Å². The minimum atomic E-state index is -0.231. The third-order valence-electron chi connectivity index (χ3n) is 3.50. The fourth-order valence-electron chi connectivity index (χ4n) is 2.33. The Bertz CT molecular complexity index is 703. The highest BCUT2D eigenvalue weighted by molar-refractivity contribution is 7.11. The van der Waals surface area contributed by atoms with Gasteiger partial charge in [0.15, 0.2) is 0 Å². The first-order chi connectivity index (χ1) is 11.6. The van der Waals surface area contributed by atoms with E-state index in [1.54, 1.807) is 35.6 Å². The van der Waals surface area contributed by atoms with Crippen molar-refractivity contribution in [2.75, 3.05) is 18.4 Å². The van der Waals surface area contributed by atoms with Crippen LogP contribution < -0.4 is 16.4 Å². The van der Waals surface area contributed by atoms with Gasteiger partial charge in [-0.05, 0) is 44.0 Å². The lowest BCUT2D eigenvalue weighted by Gasteiger charge is -2.11. The van der Waals surface area contributed by atoms with Crippen LogP contribution in [0.15, 0.2) is 36.4 Å². The molecule has 25 heavy (non-hydrogen) atoms. The van der Waals surface area contributed by atoms with Crippen LogP contribution in [-0.2, 0) is 11.2 Å². The molecule has 0 saturated carbocycles. The number of carbonyl (C=O) groups excluding carboxylic acids is 2. The lowest BCUT2D eigenvalue weighted by atomic mass is 10.1. The average Bonchev–Trinajstić information content (AvgIpc) is 2.98. The molecule has 0 aliphatic heterocycles. The maximum Gasteiger partial charge on any atom is 0.253 e. The molecule has 0 radical (unpaired) electrons. The molecule has 2 rings (SSSR count). The van der Waals surface area contributed by atoms with Gasteiger partial charge in [-0.25, -0.2) is 0 Å². The Morgan fingerprint density at radius 3 is 2.60 bits per heavy atom. The first kappa shape index (κ1) is 21.2. The second-order valence-corrected chi connectivity index (χ2v) is 6.88. The fraction of sp³-hybridized carbons (Fsp3) is 0.333. The molecular weight excluding hydrogens is 358 g/mol. The van der Waals surface area contributed by atoms with Gasteiger partial charge in [0.2, 0.25) is 5.91 Å². The number of rotatable bonds is 8. The van der Waals surface area contributed by atoms with Gasteiger partial charge in [0.25, 0.3) is 5.91 Å². The van der Waals surface area contributed by atoms with Crippen molar-refractivity contribution in [1.29, 1.82) is 0 Å². The lowest BCUT2D eigenvalue weighted by molar-refractivity contribution is -0.116. The zero-order valence-corrected chi connectivity index (χ0v) is 15.8. The normalized spacial score (nSPS) is 10.0. The van der Waals surface area contributed by atoms with Gasteiger partial charge >= 0.3 is 0 Å². The van der Waals surface area contributed by atoms with E-state index in [2.05, 4.69) is 29.7 Å². The van der Waals surface area contributed by atoms with Crippen molar-refractivity contribution in [2.45, 2.75) is 26.2 Å². The SMILES string of the molecule is Cc1ccc(CCCC(=O)Nc2ccccc2C(=O)NCCN)s1.Cl. The smallest absolute Gasteiger partial charge is 0.253 e. The van der Waals surface area contributed by atoms with E-state index >= 15 is 0 Å². The van der Waals surface area contributed by atoms with Crippen LogP contribution in [0.3, 0.4) is 0 Å². The van der Waals surface area contributed by atoms with E-state index in [4.69, 9.17) is 5.73 Å². The monoisotopic (exact) mass is 381 g/mol. The molecule has 1 aromatic heterocycles. The number of carbonyl (C=O) groups is 2. The molecule has 1 heterocycles. The minimum Gasteiger partial charge on any atom is -0.351 e. The zero-order valence-electron chi connectivity index (χ0n) is 14.2. The molecule has 0 aliphatic rings. The summed E-state index contributed by atoms with van der Waals surface area (Å²) in [5.74, 6) is -0.312. The third kappa shape index (κ3) is 6.86. The Kier molecular flexibility index (Phi) is 9.20. The van der Waals surface area contributed by atoms with Gasteiger partial charge in [-0.15, -0.1) is 23.7 Å². The number of benzene rings is 1. The predicted octanol–water partition coefficient (Wildman–Crippen LogP) is 3.13. The molecule has 5 nitrogen and oxygen atoms in total. The van der Waals surface area contributed by atoms with Crippen molar-refractivity contribution < 1.29 is 9.59 Å². The molecule has 7 heteroatoms. The van der Waals surface area contributed by atoms with Crippen molar-refractivity contribution >= 4 is 41.2 Å². The Morgan fingerprint density at radius 2 is 1.92 bits per heavy atom. The summed E-state index contributed by atoms with van der Waals surface area (Å²) in [7, 11) is 0. The standard InChI is InChI=1S/C18H23N3O2S.ClH/c1-13-9-10-14(24-13)5-4-8-17(22)21-16-7-3-2-6-15(16)18(23)20-12-11-19;/h2-3,6-7,9-10H,4-5,8,11-12,19H2,1H3,(H,20,23)(H,21,22);1H. The Balaban J connectivity index is 0.00000312. The summed E-state index contributed by atoms with van der Waals surface area (Å²) in [6.45, 7) is 2.86. The molecule has 0 bridgehead atoms. The summed E-state index contributed by atoms with van der Waals surface area (Å²) in [6, 6.07) is 11.2. The quantitative estimate of drug-likeness (QED) is 0.656. The summed E-state index contributed by atoms with van der Waals surface area (Å²) in [4.78, 5) is 26.8. The van der Waals surface area contributed by atoms with Gasteiger partial charge < -0.3 is 16.4 Å². The topological polar surface area (TPSA) is 84.2 Å². The fourth-order valence-corrected chi connectivity index (χ4v) is 3.26. The number of hydrogen-bond acceptors (Lipinski definition) is 4. The van der Waals surface area contributed by atoms with Crippen LogP contribution in [0, 0.1) is 6.92 Å². The van der Waals surface area contributed by atoms with E-state index in [-0.39, 0.29) is 24.2 Å². The Hall–Kier alpha value is -1.89. The van der Waals surface area contributed by atoms with Crippen LogP contribution in [0.1, 0.15) is 33.0 Å². The van der Waals surface area contributed by atoms with Crippen LogP contribution in [0.5, 0.6) is 0 Å². The summed E-state index contributed by atoms with van der Waals surface area (Å²) in [5, 5.41) is 5.55. The minimum absolute atomic E-state index is 0. The largest absolute Gasteiger partial charge is 0.351 e. The van der Waals surface area contributed by atoms with Gasteiger partial charge in [-0.2, -0.15) is 0 Å². The molecule has 0 unspecified atom stereocenters. The van der Waals surface area contributed by atoms with Gasteiger partial charge in [-0.3, -0.25) is 9.59 Å². The van der Waals surface area contributed by atoms with Crippen molar-refractivity contribution in [1.82, 2.24) is 5.32 Å². The summed E-state index contributed by atoms with van der Waals surface area (Å²) in [5.41, 5.74) is 6.38. The molecule has 2 amide bonds. The van der Waals surface area contributed by atoms with Crippen molar-refractivity contribution in [3.8, 4) is 0 Å². The van der Waals surface area contributed by atoms with E-state index < -0.39 is 0 Å². The van der Waals surface area contributed by atoms with Gasteiger partial charge in [0.1, 0.15) is 0 Å². The number of nitrogens with two attached hydrogens (primary N) is 1. The highest BCUT2D eigenvalue weighted by atomic mass is 35.5. The van der Waals surface area contributed by atoms with Crippen LogP contribution >= 0.6 is 23.7 Å². The summed E-state index contributed by atoms with van der Waals surface area (Å²) >= 11 is 1.76. The summed E-state index contributed by atoms with van der Waals surface area (Å²) < 4.78 is 0. The highest BCUT2D eigenvalue weighted by Gasteiger charge is 2.12. The number of aryl methyl sites for hydroxylation is 2. The average molecular weight is 382 g/mol. The number of thiophene rings is 1. The molecule has 0 aliphatic carbocycles. The van der Waals surface area contributed by atoms with Crippen LogP contribution in [0.25, 0.3) is 0 Å². The number of nitrogens with one attached hydrogen (secondary N) is 2. The summed E-state index contributed by atoms with van der Waals surface area (Å²) in [6.07, 6.45) is 2.10. The Morgan fingerprint density at radius 1 is 1.16 bits per heavy atom. The molecule has 0 spiro atoms. The third-order valence-corrected chi connectivity index (χ3v) is 4.56. The second-order valence-electron chi connectivity index (χ2n) is 5.50. The van der Waals surface area contributed by atoms with Crippen LogP contribution in [0.2, 0.25) is 0 Å².